The van der Waals surface area contributed by atoms with Crippen LogP contribution < -0.4 is 5.32 Å². The number of rotatable bonds is 8. The molecule has 1 saturated carbocycles. The first-order valence-corrected chi connectivity index (χ1v) is 12.6. The van der Waals surface area contributed by atoms with Crippen molar-refractivity contribution in [1.29, 1.82) is 0 Å². The zero-order valence-corrected chi connectivity index (χ0v) is 22.3. The largest absolute Gasteiger partial charge is 0.413 e. The molecule has 2 atom stereocenters. The fourth-order valence-electron chi connectivity index (χ4n) is 5.03. The van der Waals surface area contributed by atoms with Crippen LogP contribution in [0, 0.1) is 0 Å². The summed E-state index contributed by atoms with van der Waals surface area (Å²) >= 11 is 5.94. The number of anilines is 2. The number of hydrogen-bond acceptors (Lipinski definition) is 7. The Balaban J connectivity index is 1.63. The quantitative estimate of drug-likeness (QED) is 0.385. The number of fused-ring (bicyclic) bond motifs is 1. The smallest absolute Gasteiger partial charge is 0.375 e. The minimum atomic E-state index is -4.69. The van der Waals surface area contributed by atoms with Gasteiger partial charge in [-0.2, -0.15) is 22.7 Å². The van der Waals surface area contributed by atoms with Crippen molar-refractivity contribution in [2.75, 3.05) is 26.6 Å². The summed E-state index contributed by atoms with van der Waals surface area (Å²) < 4.78 is 55.3. The number of nitrogens with one attached hydrogen (secondary N) is 1. The molecule has 1 aliphatic carbocycles. The van der Waals surface area contributed by atoms with Crippen molar-refractivity contribution in [1.82, 2.24) is 24.5 Å². The highest BCUT2D eigenvalue weighted by Crippen LogP contribution is 2.41. The van der Waals surface area contributed by atoms with E-state index < -0.39 is 29.8 Å². The summed E-state index contributed by atoms with van der Waals surface area (Å²) in [7, 11) is 4.10. The number of methoxy groups -OCH3 is 2. The molecule has 0 spiro atoms. The van der Waals surface area contributed by atoms with E-state index >= 15 is 0 Å². The average molecular weight is 555 g/mol. The fraction of sp³-hybridized carbons (Fsp3) is 0.520. The van der Waals surface area contributed by atoms with Gasteiger partial charge >= 0.3 is 6.18 Å². The number of alkyl halides is 3. The lowest BCUT2D eigenvalue weighted by Gasteiger charge is -2.40. The normalized spacial score (nSPS) is 17.3. The van der Waals surface area contributed by atoms with Crippen molar-refractivity contribution >= 4 is 34.7 Å². The Morgan fingerprint density at radius 1 is 1.18 bits per heavy atom. The van der Waals surface area contributed by atoms with Gasteiger partial charge in [-0.3, -0.25) is 4.79 Å². The van der Waals surface area contributed by atoms with Gasteiger partial charge < -0.3 is 19.7 Å². The van der Waals surface area contributed by atoms with Gasteiger partial charge in [0, 0.05) is 27.0 Å². The van der Waals surface area contributed by atoms with Crippen LogP contribution in [0.15, 0.2) is 30.5 Å². The molecular formula is C25H30ClF3N6O3. The van der Waals surface area contributed by atoms with Crippen LogP contribution in [0.25, 0.3) is 5.78 Å². The molecule has 38 heavy (non-hydrogen) atoms. The van der Waals surface area contributed by atoms with Gasteiger partial charge in [-0.1, -0.05) is 31.4 Å². The van der Waals surface area contributed by atoms with Crippen molar-refractivity contribution in [3.8, 4) is 0 Å². The molecule has 0 aliphatic heterocycles. The summed E-state index contributed by atoms with van der Waals surface area (Å²) in [6, 6.07) is 3.60. The van der Waals surface area contributed by atoms with Crippen LogP contribution in [0.1, 0.15) is 62.4 Å². The Morgan fingerprint density at radius 2 is 1.84 bits per heavy atom. The second kappa shape index (κ2) is 11.0. The molecule has 0 saturated heterocycles. The summed E-state index contributed by atoms with van der Waals surface area (Å²) in [5, 5.41) is 7.33. The monoisotopic (exact) mass is 554 g/mol. The molecule has 1 N–H and O–H groups in total. The number of aromatic nitrogens is 4. The lowest BCUT2D eigenvalue weighted by atomic mass is 9.83. The first-order valence-electron chi connectivity index (χ1n) is 12.2. The van der Waals surface area contributed by atoms with E-state index in [9.17, 15) is 18.0 Å². The molecule has 1 aliphatic rings. The van der Waals surface area contributed by atoms with Crippen LogP contribution in [-0.2, 0) is 14.3 Å². The third-order valence-corrected chi connectivity index (χ3v) is 7.24. The number of carbonyl (C=O) groups is 1. The lowest BCUT2D eigenvalue weighted by molar-refractivity contribution is -0.199. The number of carbonyl (C=O) groups excluding carboxylic acids is 1. The van der Waals surface area contributed by atoms with Gasteiger partial charge in [-0.05, 0) is 49.1 Å². The van der Waals surface area contributed by atoms with Gasteiger partial charge in [-0.15, -0.1) is 5.10 Å². The Labute approximate surface area is 223 Å². The van der Waals surface area contributed by atoms with E-state index in [4.69, 9.17) is 21.1 Å². The molecule has 2 heterocycles. The molecule has 13 heteroatoms. The van der Waals surface area contributed by atoms with E-state index in [2.05, 4.69) is 20.4 Å². The van der Waals surface area contributed by atoms with E-state index in [-0.39, 0.29) is 16.6 Å². The Kier molecular flexibility index (Phi) is 8.15. The molecule has 9 nitrogen and oxygen atoms in total. The molecule has 0 radical (unpaired) electrons. The highest BCUT2D eigenvalue weighted by molar-refractivity contribution is 6.28. The van der Waals surface area contributed by atoms with Crippen LogP contribution in [0.2, 0.25) is 5.28 Å². The van der Waals surface area contributed by atoms with Gasteiger partial charge in [0.15, 0.2) is 6.04 Å². The van der Waals surface area contributed by atoms with Crippen molar-refractivity contribution in [3.05, 3.63) is 47.0 Å². The van der Waals surface area contributed by atoms with Crippen molar-refractivity contribution in [2.24, 2.45) is 0 Å². The van der Waals surface area contributed by atoms with Gasteiger partial charge in [0.25, 0.3) is 11.7 Å². The number of hydrogen-bond donors (Lipinski definition) is 1. The maximum atomic E-state index is 14.3. The summed E-state index contributed by atoms with van der Waals surface area (Å²) in [6.07, 6.45) is -0.400. The van der Waals surface area contributed by atoms with Gasteiger partial charge in [0.05, 0.1) is 23.7 Å². The van der Waals surface area contributed by atoms with Crippen LogP contribution in [0.4, 0.5) is 24.5 Å². The molecule has 1 amide bonds. The molecule has 1 fully saturated rings. The minimum Gasteiger partial charge on any atom is -0.375 e. The highest BCUT2D eigenvalue weighted by atomic mass is 35.5. The number of likely N-dealkylation sites (N-methyl/N-ethyl adjacent to an activating group) is 1. The SMILES string of the molecule is CO[C@@H](C)c1c(Nc2ccc([C@H](N(C)C(=O)C3(OC)CCCCC3)C(F)(F)F)cc2)cnc2nc(Cl)nn12. The molecule has 3 aromatic rings. The summed E-state index contributed by atoms with van der Waals surface area (Å²) in [5.74, 6) is -0.379. The van der Waals surface area contributed by atoms with Crippen molar-refractivity contribution in [3.63, 3.8) is 0 Å². The van der Waals surface area contributed by atoms with E-state index in [0.717, 1.165) is 24.2 Å². The second-order valence-electron chi connectivity index (χ2n) is 9.39. The fourth-order valence-corrected chi connectivity index (χ4v) is 5.18. The van der Waals surface area contributed by atoms with E-state index in [1.807, 2.05) is 0 Å². The van der Waals surface area contributed by atoms with Gasteiger partial charge in [-0.25, -0.2) is 4.98 Å². The van der Waals surface area contributed by atoms with Gasteiger partial charge in [0.2, 0.25) is 5.28 Å². The first-order chi connectivity index (χ1) is 18.0. The zero-order chi connectivity index (χ0) is 27.7. The topological polar surface area (TPSA) is 93.9 Å². The van der Waals surface area contributed by atoms with Crippen LogP contribution >= 0.6 is 11.6 Å². The summed E-state index contributed by atoms with van der Waals surface area (Å²) in [6.45, 7) is 1.80. The zero-order valence-electron chi connectivity index (χ0n) is 21.5. The summed E-state index contributed by atoms with van der Waals surface area (Å²) in [4.78, 5) is 22.4. The third-order valence-electron chi connectivity index (χ3n) is 7.08. The number of ether oxygens (including phenoxy) is 2. The van der Waals surface area contributed by atoms with Crippen LogP contribution in [0.3, 0.4) is 0 Å². The van der Waals surface area contributed by atoms with Crippen LogP contribution in [-0.4, -0.2) is 63.4 Å². The Morgan fingerprint density at radius 3 is 2.42 bits per heavy atom. The van der Waals surface area contributed by atoms with E-state index in [1.165, 1.54) is 56.2 Å². The summed E-state index contributed by atoms with van der Waals surface area (Å²) in [5.41, 5.74) is 0.295. The number of benzene rings is 1. The molecule has 0 bridgehead atoms. The van der Waals surface area contributed by atoms with Crippen LogP contribution in [0.5, 0.6) is 0 Å². The molecule has 2 aromatic heterocycles. The number of halogens is 4. The first kappa shape index (κ1) is 28.1. The molecule has 1 aromatic carbocycles. The maximum absolute atomic E-state index is 14.3. The lowest BCUT2D eigenvalue weighted by Crippen LogP contribution is -2.53. The molecule has 4 rings (SSSR count). The molecule has 0 unspecified atom stereocenters. The minimum absolute atomic E-state index is 0.0175. The second-order valence-corrected chi connectivity index (χ2v) is 9.73. The van der Waals surface area contributed by atoms with E-state index in [0.29, 0.717) is 29.9 Å². The van der Waals surface area contributed by atoms with E-state index in [1.54, 1.807) is 6.92 Å². The Hall–Kier alpha value is -2.96. The predicted octanol–water partition coefficient (Wildman–Crippen LogP) is 5.64. The maximum Gasteiger partial charge on any atom is 0.413 e. The average Bonchev–Trinajstić information content (AvgIpc) is 3.28. The predicted molar refractivity (Wildman–Crippen MR) is 135 cm³/mol. The van der Waals surface area contributed by atoms with Crippen molar-refractivity contribution < 1.29 is 27.4 Å². The molecule has 206 valence electrons. The van der Waals surface area contributed by atoms with Crippen molar-refractivity contribution in [2.45, 2.75) is 63.0 Å². The number of amides is 1. The van der Waals surface area contributed by atoms with Gasteiger partial charge in [0.1, 0.15) is 5.60 Å². The highest BCUT2D eigenvalue weighted by Gasteiger charge is 2.50. The molecular weight excluding hydrogens is 525 g/mol. The standard InChI is InChI=1S/C25H30ClF3N6O3/c1-15(37-3)19-18(14-30-23-32-22(26)33-35(19)23)31-17-10-8-16(9-11-17)20(25(27,28)29)34(2)21(36)24(38-4)12-6-5-7-13-24/h8-11,14-15,20,31H,5-7,12-13H2,1-4H3/t15-,20-/m0/s1. The third kappa shape index (κ3) is 5.43. The number of nitrogens with zero attached hydrogens (tertiary/aromatic N) is 5. The Bertz CT molecular complexity index is 1280.